The molecule has 0 aliphatic heterocycles. The molecule has 0 bridgehead atoms. The first-order valence-electron chi connectivity index (χ1n) is 6.64. The molecule has 0 radical (unpaired) electrons. The molecule has 0 unspecified atom stereocenters. The summed E-state index contributed by atoms with van der Waals surface area (Å²) < 4.78 is 5.45. The standard InChI is InChI=1S/C14H19ClN2O3/c15-11-1-3-12(4-2-11)20-8-7-16-13(19)17-9-14(10-18)5-6-14/h1-4,18H,5-10H2,(H2,16,17,19). The maximum Gasteiger partial charge on any atom is 0.314 e. The Morgan fingerprint density at radius 2 is 2.00 bits per heavy atom. The minimum Gasteiger partial charge on any atom is -0.492 e. The molecule has 0 aromatic heterocycles. The van der Waals surface area contributed by atoms with Gasteiger partial charge in [-0.1, -0.05) is 11.6 Å². The SMILES string of the molecule is O=C(NCCOc1ccc(Cl)cc1)NCC1(CO)CC1. The van der Waals surface area contributed by atoms with Crippen LogP contribution in [0, 0.1) is 5.41 Å². The van der Waals surface area contributed by atoms with Crippen LogP contribution in [-0.2, 0) is 0 Å². The zero-order valence-electron chi connectivity index (χ0n) is 11.2. The van der Waals surface area contributed by atoms with E-state index in [1.54, 1.807) is 24.3 Å². The second-order valence-corrected chi connectivity index (χ2v) is 5.51. The maximum atomic E-state index is 11.5. The summed E-state index contributed by atoms with van der Waals surface area (Å²) in [5.41, 5.74) is -0.0723. The smallest absolute Gasteiger partial charge is 0.314 e. The molecule has 2 amide bonds. The van der Waals surface area contributed by atoms with Gasteiger partial charge in [0.15, 0.2) is 0 Å². The van der Waals surface area contributed by atoms with E-state index in [2.05, 4.69) is 10.6 Å². The number of amides is 2. The van der Waals surface area contributed by atoms with Crippen molar-refractivity contribution in [3.8, 4) is 5.75 Å². The molecular formula is C14H19ClN2O3. The van der Waals surface area contributed by atoms with Gasteiger partial charge >= 0.3 is 6.03 Å². The summed E-state index contributed by atoms with van der Waals surface area (Å²) in [6.45, 7) is 1.46. The third-order valence-corrected chi connectivity index (χ3v) is 3.64. The van der Waals surface area contributed by atoms with Crippen molar-refractivity contribution < 1.29 is 14.6 Å². The largest absolute Gasteiger partial charge is 0.492 e. The number of halogens is 1. The average Bonchev–Trinajstić information content (AvgIpc) is 3.24. The fourth-order valence-corrected chi connectivity index (χ4v) is 1.89. The molecule has 5 nitrogen and oxygen atoms in total. The van der Waals surface area contributed by atoms with Crippen molar-refractivity contribution in [2.45, 2.75) is 12.8 Å². The number of hydrogen-bond acceptors (Lipinski definition) is 3. The number of nitrogens with one attached hydrogen (secondary N) is 2. The Labute approximate surface area is 123 Å². The predicted octanol–water partition coefficient (Wildman–Crippen LogP) is 1.79. The van der Waals surface area contributed by atoms with Crippen LogP contribution in [0.25, 0.3) is 0 Å². The molecule has 1 aromatic carbocycles. The van der Waals surface area contributed by atoms with E-state index in [0.29, 0.717) is 30.5 Å². The van der Waals surface area contributed by atoms with Crippen molar-refractivity contribution in [2.24, 2.45) is 5.41 Å². The number of aliphatic hydroxyl groups excluding tert-OH is 1. The van der Waals surface area contributed by atoms with Crippen molar-refractivity contribution in [2.75, 3.05) is 26.3 Å². The third kappa shape index (κ3) is 4.58. The lowest BCUT2D eigenvalue weighted by Crippen LogP contribution is -2.41. The second kappa shape index (κ2) is 6.81. The molecule has 3 N–H and O–H groups in total. The molecule has 20 heavy (non-hydrogen) atoms. The van der Waals surface area contributed by atoms with Crippen molar-refractivity contribution in [1.29, 1.82) is 0 Å². The zero-order chi connectivity index (χ0) is 14.4. The van der Waals surface area contributed by atoms with Crippen LogP contribution in [0.15, 0.2) is 24.3 Å². The van der Waals surface area contributed by atoms with Gasteiger partial charge in [0.25, 0.3) is 0 Å². The monoisotopic (exact) mass is 298 g/mol. The Bertz CT molecular complexity index is 446. The van der Waals surface area contributed by atoms with Gasteiger partial charge in [-0.3, -0.25) is 0 Å². The number of benzene rings is 1. The lowest BCUT2D eigenvalue weighted by Gasteiger charge is -2.13. The maximum absolute atomic E-state index is 11.5. The van der Waals surface area contributed by atoms with Gasteiger partial charge in [-0.25, -0.2) is 4.79 Å². The Balaban J connectivity index is 1.56. The quantitative estimate of drug-likeness (QED) is 0.672. The lowest BCUT2D eigenvalue weighted by atomic mass is 10.1. The van der Waals surface area contributed by atoms with E-state index in [1.807, 2.05) is 0 Å². The molecule has 0 spiro atoms. The number of urea groups is 1. The molecule has 1 saturated carbocycles. The molecule has 1 aromatic rings. The van der Waals surface area contributed by atoms with Crippen molar-refractivity contribution in [3.05, 3.63) is 29.3 Å². The molecule has 1 fully saturated rings. The van der Waals surface area contributed by atoms with Crippen molar-refractivity contribution in [3.63, 3.8) is 0 Å². The van der Waals surface area contributed by atoms with Gasteiger partial charge in [-0.15, -0.1) is 0 Å². The van der Waals surface area contributed by atoms with E-state index in [4.69, 9.17) is 21.4 Å². The van der Waals surface area contributed by atoms with Crippen LogP contribution in [0.1, 0.15) is 12.8 Å². The molecule has 1 aliphatic carbocycles. The van der Waals surface area contributed by atoms with Gasteiger partial charge in [0.2, 0.25) is 0 Å². The molecule has 0 atom stereocenters. The Kier molecular flexibility index (Phi) is 5.09. The molecule has 6 heteroatoms. The normalized spacial score (nSPS) is 15.5. The Morgan fingerprint density at radius 3 is 2.60 bits per heavy atom. The summed E-state index contributed by atoms with van der Waals surface area (Å²) >= 11 is 5.76. The van der Waals surface area contributed by atoms with Crippen LogP contribution >= 0.6 is 11.6 Å². The topological polar surface area (TPSA) is 70.6 Å². The summed E-state index contributed by atoms with van der Waals surface area (Å²) in [5.74, 6) is 0.717. The summed E-state index contributed by atoms with van der Waals surface area (Å²) in [6.07, 6.45) is 1.95. The number of carbonyl (C=O) groups excluding carboxylic acids is 1. The van der Waals surface area contributed by atoms with Crippen LogP contribution in [0.4, 0.5) is 4.79 Å². The number of ether oxygens (including phenoxy) is 1. The Hall–Kier alpha value is -1.46. The fraction of sp³-hybridized carbons (Fsp3) is 0.500. The summed E-state index contributed by atoms with van der Waals surface area (Å²) in [7, 11) is 0. The summed E-state index contributed by atoms with van der Waals surface area (Å²) in [6, 6.07) is 6.83. The van der Waals surface area contributed by atoms with Gasteiger partial charge in [-0.2, -0.15) is 0 Å². The van der Waals surface area contributed by atoms with Gasteiger partial charge in [0.05, 0.1) is 13.2 Å². The van der Waals surface area contributed by atoms with Crippen LogP contribution < -0.4 is 15.4 Å². The Morgan fingerprint density at radius 1 is 1.30 bits per heavy atom. The number of hydrogen-bond donors (Lipinski definition) is 3. The van der Waals surface area contributed by atoms with E-state index in [9.17, 15) is 4.79 Å². The highest BCUT2D eigenvalue weighted by atomic mass is 35.5. The molecule has 110 valence electrons. The number of rotatable bonds is 7. The minimum atomic E-state index is -0.232. The minimum absolute atomic E-state index is 0.0723. The fourth-order valence-electron chi connectivity index (χ4n) is 1.76. The first kappa shape index (κ1) is 14.9. The van der Waals surface area contributed by atoms with E-state index in [-0.39, 0.29) is 18.1 Å². The average molecular weight is 299 g/mol. The molecular weight excluding hydrogens is 280 g/mol. The van der Waals surface area contributed by atoms with E-state index >= 15 is 0 Å². The van der Waals surface area contributed by atoms with E-state index in [0.717, 1.165) is 12.8 Å². The summed E-state index contributed by atoms with van der Waals surface area (Å²) in [4.78, 5) is 11.5. The highest BCUT2D eigenvalue weighted by molar-refractivity contribution is 6.30. The molecule has 0 saturated heterocycles. The van der Waals surface area contributed by atoms with Crippen LogP contribution in [0.2, 0.25) is 5.02 Å². The molecule has 0 heterocycles. The first-order valence-corrected chi connectivity index (χ1v) is 7.02. The highest BCUT2D eigenvalue weighted by Crippen LogP contribution is 2.44. The molecule has 1 aliphatic rings. The third-order valence-electron chi connectivity index (χ3n) is 3.39. The first-order chi connectivity index (χ1) is 9.63. The van der Waals surface area contributed by atoms with Gasteiger partial charge in [-0.05, 0) is 37.1 Å². The zero-order valence-corrected chi connectivity index (χ0v) is 11.9. The van der Waals surface area contributed by atoms with Crippen LogP contribution in [-0.4, -0.2) is 37.4 Å². The predicted molar refractivity (Wildman–Crippen MR) is 77.1 cm³/mol. The number of aliphatic hydroxyl groups is 1. The molecule has 2 rings (SSSR count). The van der Waals surface area contributed by atoms with Crippen LogP contribution in [0.3, 0.4) is 0 Å². The van der Waals surface area contributed by atoms with Crippen molar-refractivity contribution >= 4 is 17.6 Å². The highest BCUT2D eigenvalue weighted by Gasteiger charge is 2.41. The second-order valence-electron chi connectivity index (χ2n) is 5.07. The van der Waals surface area contributed by atoms with Gasteiger partial charge in [0, 0.05) is 17.0 Å². The van der Waals surface area contributed by atoms with Gasteiger partial charge in [0.1, 0.15) is 12.4 Å². The van der Waals surface area contributed by atoms with Crippen molar-refractivity contribution in [1.82, 2.24) is 10.6 Å². The van der Waals surface area contributed by atoms with Gasteiger partial charge < -0.3 is 20.5 Å². The lowest BCUT2D eigenvalue weighted by molar-refractivity contribution is 0.202. The number of carbonyl (C=O) groups is 1. The van der Waals surface area contributed by atoms with E-state index < -0.39 is 0 Å². The van der Waals surface area contributed by atoms with Crippen LogP contribution in [0.5, 0.6) is 5.75 Å². The van der Waals surface area contributed by atoms with E-state index in [1.165, 1.54) is 0 Å². The summed E-state index contributed by atoms with van der Waals surface area (Å²) in [5, 5.41) is 15.3.